The van der Waals surface area contributed by atoms with Crippen LogP contribution in [0, 0.1) is 0 Å². The number of ether oxygens (including phenoxy) is 3. The van der Waals surface area contributed by atoms with Crippen LogP contribution in [-0.4, -0.2) is 31.9 Å². The topological polar surface area (TPSA) is 44.8 Å². The van der Waals surface area contributed by atoms with Crippen LogP contribution < -0.4 is 4.74 Å². The Balaban J connectivity index is 2.04. The second-order valence-electron chi connectivity index (χ2n) is 4.22. The summed E-state index contributed by atoms with van der Waals surface area (Å²) in [6, 6.07) is 7.33. The highest BCUT2D eigenvalue weighted by Crippen LogP contribution is 2.29. The summed E-state index contributed by atoms with van der Waals surface area (Å²) in [5.41, 5.74) is 0.666. The van der Waals surface area contributed by atoms with Gasteiger partial charge in [-0.3, -0.25) is 4.79 Å². The van der Waals surface area contributed by atoms with Crippen LogP contribution in [0.4, 0.5) is 0 Å². The summed E-state index contributed by atoms with van der Waals surface area (Å²) in [6.07, 6.45) is 0.441. The maximum absolute atomic E-state index is 12.0. The molecule has 2 atom stereocenters. The first-order valence-electron chi connectivity index (χ1n) is 6.18. The highest BCUT2D eigenvalue weighted by Gasteiger charge is 2.28. The van der Waals surface area contributed by atoms with Crippen LogP contribution in [0.1, 0.15) is 30.1 Å². The lowest BCUT2D eigenvalue weighted by molar-refractivity contribution is -0.135. The number of hydrogen-bond donors (Lipinski definition) is 0. The fraction of sp³-hybridized carbons (Fsp3) is 0.500. The molecule has 0 aliphatic carbocycles. The van der Waals surface area contributed by atoms with Crippen molar-refractivity contribution in [2.75, 3.05) is 13.7 Å². The number of carbonyl (C=O) groups is 1. The Morgan fingerprint density at radius 3 is 2.94 bits per heavy atom. The summed E-state index contributed by atoms with van der Waals surface area (Å²) in [5.74, 6) is 0.776. The molecule has 1 heterocycles. The Bertz CT molecular complexity index is 416. The second kappa shape index (κ2) is 5.98. The van der Waals surface area contributed by atoms with Crippen molar-refractivity contribution in [3.05, 3.63) is 29.8 Å². The van der Waals surface area contributed by atoms with Gasteiger partial charge in [0.15, 0.2) is 12.1 Å². The molecule has 2 unspecified atom stereocenters. The van der Waals surface area contributed by atoms with Crippen LogP contribution in [0.2, 0.25) is 0 Å². The lowest BCUT2D eigenvalue weighted by Crippen LogP contribution is -2.32. The highest BCUT2D eigenvalue weighted by atomic mass is 16.7. The second-order valence-corrected chi connectivity index (χ2v) is 4.22. The van der Waals surface area contributed by atoms with Crippen LogP contribution in [0.25, 0.3) is 0 Å². The standard InChI is InChI=1S/C14H18O4/c1-3-17-14(16-2)9-10-8-12(15)11-6-4-5-7-13(11)18-10/h4-7,10,14H,3,8-9H2,1-2H3. The van der Waals surface area contributed by atoms with E-state index < -0.39 is 0 Å². The normalized spacial score (nSPS) is 20.1. The minimum atomic E-state index is -0.321. The van der Waals surface area contributed by atoms with Gasteiger partial charge >= 0.3 is 0 Å². The Labute approximate surface area is 107 Å². The molecular weight excluding hydrogens is 232 g/mol. The molecule has 0 amide bonds. The summed E-state index contributed by atoms with van der Waals surface area (Å²) in [5, 5.41) is 0. The van der Waals surface area contributed by atoms with Gasteiger partial charge in [-0.25, -0.2) is 0 Å². The number of benzene rings is 1. The molecule has 0 aromatic heterocycles. The number of fused-ring (bicyclic) bond motifs is 1. The van der Waals surface area contributed by atoms with Gasteiger partial charge in [0.1, 0.15) is 11.9 Å². The third-order valence-corrected chi connectivity index (χ3v) is 2.96. The average molecular weight is 250 g/mol. The summed E-state index contributed by atoms with van der Waals surface area (Å²) < 4.78 is 16.4. The molecule has 0 saturated carbocycles. The van der Waals surface area contributed by atoms with E-state index in [4.69, 9.17) is 14.2 Å². The van der Waals surface area contributed by atoms with Gasteiger partial charge in [0.25, 0.3) is 0 Å². The van der Waals surface area contributed by atoms with E-state index in [0.717, 1.165) is 0 Å². The smallest absolute Gasteiger partial charge is 0.170 e. The Kier molecular flexibility index (Phi) is 4.33. The molecular formula is C14H18O4. The molecule has 1 aromatic rings. The minimum Gasteiger partial charge on any atom is -0.489 e. The molecule has 4 heteroatoms. The maximum atomic E-state index is 12.0. The molecule has 1 aromatic carbocycles. The monoisotopic (exact) mass is 250 g/mol. The van der Waals surface area contributed by atoms with Crippen molar-refractivity contribution < 1.29 is 19.0 Å². The van der Waals surface area contributed by atoms with Crippen molar-refractivity contribution in [2.24, 2.45) is 0 Å². The summed E-state index contributed by atoms with van der Waals surface area (Å²) in [7, 11) is 1.60. The van der Waals surface area contributed by atoms with Gasteiger partial charge in [0.2, 0.25) is 0 Å². The van der Waals surface area contributed by atoms with E-state index in [2.05, 4.69) is 0 Å². The van der Waals surface area contributed by atoms with Gasteiger partial charge in [-0.2, -0.15) is 0 Å². The number of para-hydroxylation sites is 1. The predicted octanol–water partition coefficient (Wildman–Crippen LogP) is 2.42. The first-order valence-corrected chi connectivity index (χ1v) is 6.18. The van der Waals surface area contributed by atoms with Gasteiger partial charge in [-0.05, 0) is 19.1 Å². The van der Waals surface area contributed by atoms with Crippen LogP contribution >= 0.6 is 0 Å². The quantitative estimate of drug-likeness (QED) is 0.753. The third-order valence-electron chi connectivity index (χ3n) is 2.96. The first kappa shape index (κ1) is 13.1. The van der Waals surface area contributed by atoms with Crippen molar-refractivity contribution in [2.45, 2.75) is 32.2 Å². The van der Waals surface area contributed by atoms with E-state index >= 15 is 0 Å². The molecule has 2 rings (SSSR count). The maximum Gasteiger partial charge on any atom is 0.170 e. The van der Waals surface area contributed by atoms with Gasteiger partial charge in [0.05, 0.1) is 5.56 Å². The molecule has 18 heavy (non-hydrogen) atoms. The number of rotatable bonds is 5. The fourth-order valence-electron chi connectivity index (χ4n) is 2.10. The van der Waals surface area contributed by atoms with E-state index in [0.29, 0.717) is 30.8 Å². The van der Waals surface area contributed by atoms with E-state index in [1.807, 2.05) is 25.1 Å². The molecule has 98 valence electrons. The molecule has 0 saturated heterocycles. The molecule has 0 N–H and O–H groups in total. The fourth-order valence-corrected chi connectivity index (χ4v) is 2.10. The lowest BCUT2D eigenvalue weighted by atomic mass is 9.99. The first-order chi connectivity index (χ1) is 8.74. The zero-order chi connectivity index (χ0) is 13.0. The molecule has 4 nitrogen and oxygen atoms in total. The van der Waals surface area contributed by atoms with Gasteiger partial charge in [-0.1, -0.05) is 12.1 Å². The predicted molar refractivity (Wildman–Crippen MR) is 66.8 cm³/mol. The van der Waals surface area contributed by atoms with E-state index in [1.54, 1.807) is 13.2 Å². The van der Waals surface area contributed by atoms with Crippen molar-refractivity contribution in [1.82, 2.24) is 0 Å². The van der Waals surface area contributed by atoms with Crippen molar-refractivity contribution in [3.8, 4) is 5.75 Å². The zero-order valence-corrected chi connectivity index (χ0v) is 10.7. The Morgan fingerprint density at radius 1 is 1.44 bits per heavy atom. The number of hydrogen-bond acceptors (Lipinski definition) is 4. The zero-order valence-electron chi connectivity index (χ0n) is 10.7. The van der Waals surface area contributed by atoms with Crippen molar-refractivity contribution in [1.29, 1.82) is 0 Å². The van der Waals surface area contributed by atoms with Crippen LogP contribution in [0.15, 0.2) is 24.3 Å². The van der Waals surface area contributed by atoms with Crippen LogP contribution in [0.3, 0.4) is 0 Å². The minimum absolute atomic E-state index is 0.119. The number of ketones is 1. The van der Waals surface area contributed by atoms with E-state index in [1.165, 1.54) is 0 Å². The molecule has 0 fully saturated rings. The summed E-state index contributed by atoms with van der Waals surface area (Å²) in [4.78, 5) is 12.0. The van der Waals surface area contributed by atoms with Crippen molar-refractivity contribution in [3.63, 3.8) is 0 Å². The van der Waals surface area contributed by atoms with Crippen LogP contribution in [-0.2, 0) is 9.47 Å². The average Bonchev–Trinajstić information content (AvgIpc) is 2.38. The largest absolute Gasteiger partial charge is 0.489 e. The van der Waals surface area contributed by atoms with Crippen molar-refractivity contribution >= 4 is 5.78 Å². The van der Waals surface area contributed by atoms with E-state index in [-0.39, 0.29) is 18.2 Å². The Hall–Kier alpha value is -1.39. The summed E-state index contributed by atoms with van der Waals surface area (Å²) >= 11 is 0. The van der Waals surface area contributed by atoms with Gasteiger partial charge in [-0.15, -0.1) is 0 Å². The van der Waals surface area contributed by atoms with Gasteiger partial charge < -0.3 is 14.2 Å². The number of Topliss-reactive ketones (excluding diaryl/α,β-unsaturated/α-hetero) is 1. The Morgan fingerprint density at radius 2 is 2.22 bits per heavy atom. The molecule has 0 bridgehead atoms. The third kappa shape index (κ3) is 2.89. The number of methoxy groups -OCH3 is 1. The van der Waals surface area contributed by atoms with E-state index in [9.17, 15) is 4.79 Å². The van der Waals surface area contributed by atoms with Crippen LogP contribution in [0.5, 0.6) is 5.75 Å². The molecule has 0 spiro atoms. The SMILES string of the molecule is CCOC(CC1CC(=O)c2ccccc2O1)OC. The van der Waals surface area contributed by atoms with Gasteiger partial charge in [0, 0.05) is 26.6 Å². The molecule has 0 radical (unpaired) electrons. The molecule has 1 aliphatic heterocycles. The highest BCUT2D eigenvalue weighted by molar-refractivity contribution is 5.99. The number of carbonyl (C=O) groups excluding carboxylic acids is 1. The molecule has 1 aliphatic rings. The lowest BCUT2D eigenvalue weighted by Gasteiger charge is -2.27. The summed E-state index contributed by atoms with van der Waals surface area (Å²) in [6.45, 7) is 2.49.